The van der Waals surface area contributed by atoms with Gasteiger partial charge in [-0.05, 0) is 25.5 Å². The SMILES string of the molecule is CCCn1c(O)c(C#N)c(C)c(N=Nc2ccccc2C(F)(F)F)c1=O. The number of alkyl halides is 3. The lowest BCUT2D eigenvalue weighted by Gasteiger charge is -2.12. The topological polar surface area (TPSA) is 90.7 Å². The summed E-state index contributed by atoms with van der Waals surface area (Å²) in [5, 5.41) is 26.5. The second-order valence-electron chi connectivity index (χ2n) is 5.46. The Morgan fingerprint density at radius 1 is 1.27 bits per heavy atom. The van der Waals surface area contributed by atoms with E-state index in [9.17, 15) is 28.3 Å². The van der Waals surface area contributed by atoms with E-state index in [-0.39, 0.29) is 23.4 Å². The summed E-state index contributed by atoms with van der Waals surface area (Å²) < 4.78 is 40.0. The van der Waals surface area contributed by atoms with Crippen molar-refractivity contribution in [2.75, 3.05) is 0 Å². The third kappa shape index (κ3) is 3.59. The minimum absolute atomic E-state index is 0.0515. The minimum Gasteiger partial charge on any atom is -0.493 e. The van der Waals surface area contributed by atoms with Crippen LogP contribution in [0.2, 0.25) is 0 Å². The first-order valence-electron chi connectivity index (χ1n) is 7.66. The summed E-state index contributed by atoms with van der Waals surface area (Å²) in [6, 6.07) is 6.33. The zero-order valence-electron chi connectivity index (χ0n) is 14.0. The van der Waals surface area contributed by atoms with Gasteiger partial charge in [0.15, 0.2) is 5.69 Å². The number of hydrogen-bond acceptors (Lipinski definition) is 5. The van der Waals surface area contributed by atoms with Gasteiger partial charge >= 0.3 is 6.18 Å². The highest BCUT2D eigenvalue weighted by atomic mass is 19.4. The van der Waals surface area contributed by atoms with Crippen LogP contribution in [0.1, 0.15) is 30.0 Å². The zero-order chi connectivity index (χ0) is 19.5. The smallest absolute Gasteiger partial charge is 0.418 e. The molecule has 0 aliphatic carbocycles. The lowest BCUT2D eigenvalue weighted by atomic mass is 10.1. The lowest BCUT2D eigenvalue weighted by molar-refractivity contribution is -0.137. The van der Waals surface area contributed by atoms with Crippen LogP contribution in [-0.4, -0.2) is 9.67 Å². The Hall–Kier alpha value is -3.15. The molecule has 0 spiro atoms. The molecule has 0 radical (unpaired) electrons. The third-order valence-electron chi connectivity index (χ3n) is 3.68. The average molecular weight is 364 g/mol. The molecular weight excluding hydrogens is 349 g/mol. The standard InChI is InChI=1S/C17H15F3N4O2/c1-3-8-24-15(25)11(9-21)10(2)14(16(24)26)23-22-13-7-5-4-6-12(13)17(18,19)20/h4-7,25H,3,8H2,1-2H3. The van der Waals surface area contributed by atoms with Crippen LogP contribution in [0.5, 0.6) is 5.88 Å². The van der Waals surface area contributed by atoms with E-state index in [0.29, 0.717) is 6.42 Å². The van der Waals surface area contributed by atoms with Gasteiger partial charge in [-0.3, -0.25) is 9.36 Å². The van der Waals surface area contributed by atoms with Crippen molar-refractivity contribution < 1.29 is 18.3 Å². The summed E-state index contributed by atoms with van der Waals surface area (Å²) in [7, 11) is 0. The summed E-state index contributed by atoms with van der Waals surface area (Å²) in [6.07, 6.45) is -4.13. The van der Waals surface area contributed by atoms with E-state index < -0.39 is 28.9 Å². The molecule has 0 atom stereocenters. The van der Waals surface area contributed by atoms with Crippen LogP contribution in [-0.2, 0) is 12.7 Å². The molecule has 0 saturated heterocycles. The molecule has 9 heteroatoms. The summed E-state index contributed by atoms with van der Waals surface area (Å²) in [5.41, 5.74) is -2.58. The summed E-state index contributed by atoms with van der Waals surface area (Å²) in [6.45, 7) is 3.26. The van der Waals surface area contributed by atoms with Crippen molar-refractivity contribution >= 4 is 11.4 Å². The van der Waals surface area contributed by atoms with E-state index >= 15 is 0 Å². The van der Waals surface area contributed by atoms with Gasteiger partial charge in [-0.1, -0.05) is 19.1 Å². The highest BCUT2D eigenvalue weighted by Gasteiger charge is 2.33. The first-order chi connectivity index (χ1) is 12.2. The predicted octanol–water partition coefficient (Wildman–Crippen LogP) is 4.58. The molecule has 0 aliphatic heterocycles. The van der Waals surface area contributed by atoms with Gasteiger partial charge in [0.1, 0.15) is 11.6 Å². The van der Waals surface area contributed by atoms with E-state index in [1.165, 1.54) is 19.1 Å². The number of benzene rings is 1. The highest BCUT2D eigenvalue weighted by Crippen LogP contribution is 2.37. The van der Waals surface area contributed by atoms with Crippen molar-refractivity contribution in [3.05, 3.63) is 51.3 Å². The van der Waals surface area contributed by atoms with Gasteiger partial charge in [0.25, 0.3) is 5.56 Å². The van der Waals surface area contributed by atoms with E-state index in [1.54, 1.807) is 13.0 Å². The molecule has 0 saturated carbocycles. The largest absolute Gasteiger partial charge is 0.493 e. The Kier molecular flexibility index (Phi) is 5.45. The van der Waals surface area contributed by atoms with Crippen LogP contribution in [0.15, 0.2) is 39.3 Å². The van der Waals surface area contributed by atoms with Gasteiger partial charge in [0.2, 0.25) is 5.88 Å². The van der Waals surface area contributed by atoms with Crippen molar-refractivity contribution in [1.82, 2.24) is 4.57 Å². The van der Waals surface area contributed by atoms with Crippen LogP contribution in [0.4, 0.5) is 24.5 Å². The third-order valence-corrected chi connectivity index (χ3v) is 3.68. The van der Waals surface area contributed by atoms with Crippen LogP contribution in [0, 0.1) is 18.3 Å². The molecule has 136 valence electrons. The van der Waals surface area contributed by atoms with Crippen molar-refractivity contribution in [2.45, 2.75) is 33.0 Å². The number of rotatable bonds is 4. The summed E-state index contributed by atoms with van der Waals surface area (Å²) in [4.78, 5) is 12.5. The number of pyridine rings is 1. The molecule has 1 N–H and O–H groups in total. The monoisotopic (exact) mass is 364 g/mol. The number of hydrogen-bond donors (Lipinski definition) is 1. The van der Waals surface area contributed by atoms with Crippen LogP contribution < -0.4 is 5.56 Å². The van der Waals surface area contributed by atoms with Gasteiger partial charge in [-0.15, -0.1) is 10.2 Å². The maximum absolute atomic E-state index is 13.0. The number of nitriles is 1. The van der Waals surface area contributed by atoms with Crippen molar-refractivity contribution in [2.24, 2.45) is 10.2 Å². The maximum Gasteiger partial charge on any atom is 0.418 e. The second-order valence-corrected chi connectivity index (χ2v) is 5.46. The van der Waals surface area contributed by atoms with Crippen LogP contribution >= 0.6 is 0 Å². The van der Waals surface area contributed by atoms with Crippen LogP contribution in [0.25, 0.3) is 0 Å². The van der Waals surface area contributed by atoms with E-state index in [4.69, 9.17) is 0 Å². The fraction of sp³-hybridized carbons (Fsp3) is 0.294. The fourth-order valence-corrected chi connectivity index (χ4v) is 2.39. The first-order valence-corrected chi connectivity index (χ1v) is 7.66. The number of aromatic nitrogens is 1. The Morgan fingerprint density at radius 2 is 1.92 bits per heavy atom. The molecule has 2 aromatic rings. The highest BCUT2D eigenvalue weighted by molar-refractivity contribution is 5.57. The zero-order valence-corrected chi connectivity index (χ0v) is 14.0. The second kappa shape index (κ2) is 7.39. The molecule has 0 aliphatic rings. The molecule has 1 aromatic carbocycles. The van der Waals surface area contributed by atoms with Crippen LogP contribution in [0.3, 0.4) is 0 Å². The van der Waals surface area contributed by atoms with Crippen molar-refractivity contribution in [3.63, 3.8) is 0 Å². The van der Waals surface area contributed by atoms with E-state index in [2.05, 4.69) is 10.2 Å². The normalized spacial score (nSPS) is 11.7. The molecular formula is C17H15F3N4O2. The van der Waals surface area contributed by atoms with Gasteiger partial charge in [0, 0.05) is 12.1 Å². The fourth-order valence-electron chi connectivity index (χ4n) is 2.39. The number of halogens is 3. The van der Waals surface area contributed by atoms with E-state index in [0.717, 1.165) is 16.7 Å². The summed E-state index contributed by atoms with van der Waals surface area (Å²) in [5.74, 6) is -0.494. The Morgan fingerprint density at radius 3 is 2.50 bits per heavy atom. The molecule has 1 heterocycles. The molecule has 26 heavy (non-hydrogen) atoms. The summed E-state index contributed by atoms with van der Waals surface area (Å²) >= 11 is 0. The average Bonchev–Trinajstić information content (AvgIpc) is 2.58. The molecule has 0 fully saturated rings. The Labute approximate surface area is 146 Å². The quantitative estimate of drug-likeness (QED) is 0.805. The van der Waals surface area contributed by atoms with Gasteiger partial charge in [0.05, 0.1) is 11.3 Å². The Balaban J connectivity index is 2.65. The maximum atomic E-state index is 13.0. The molecule has 2 rings (SSSR count). The number of nitrogens with zero attached hydrogens (tertiary/aromatic N) is 4. The molecule has 0 amide bonds. The van der Waals surface area contributed by atoms with Crippen molar-refractivity contribution in [3.8, 4) is 11.9 Å². The minimum atomic E-state index is -4.63. The van der Waals surface area contributed by atoms with Gasteiger partial charge < -0.3 is 5.11 Å². The van der Waals surface area contributed by atoms with Gasteiger partial charge in [-0.2, -0.15) is 18.4 Å². The first kappa shape index (κ1) is 19.2. The Bertz CT molecular complexity index is 956. The molecule has 1 aromatic heterocycles. The molecule has 0 bridgehead atoms. The number of aromatic hydroxyl groups is 1. The van der Waals surface area contributed by atoms with Gasteiger partial charge in [-0.25, -0.2) is 0 Å². The predicted molar refractivity (Wildman–Crippen MR) is 87.7 cm³/mol. The molecule has 0 unspecified atom stereocenters. The lowest BCUT2D eigenvalue weighted by Crippen LogP contribution is -2.21. The van der Waals surface area contributed by atoms with Crippen molar-refractivity contribution in [1.29, 1.82) is 5.26 Å². The van der Waals surface area contributed by atoms with E-state index in [1.807, 2.05) is 0 Å². The number of azo groups is 1. The molecule has 6 nitrogen and oxygen atoms in total.